The number of hydrogen-bond acceptors (Lipinski definition) is 8. The van der Waals surface area contributed by atoms with Crippen molar-refractivity contribution < 1.29 is 33.5 Å². The molecule has 2 bridgehead atoms. The predicted molar refractivity (Wildman–Crippen MR) is 137 cm³/mol. The minimum absolute atomic E-state index is 0.124. The van der Waals surface area contributed by atoms with E-state index in [0.29, 0.717) is 83.8 Å². The zero-order valence-electron chi connectivity index (χ0n) is 22.1. The number of likely N-dealkylation sites (tertiary alicyclic amines) is 1. The quantitative estimate of drug-likeness (QED) is 0.342. The van der Waals surface area contributed by atoms with Crippen molar-refractivity contribution in [2.24, 2.45) is 5.92 Å². The van der Waals surface area contributed by atoms with Crippen LogP contribution in [0.1, 0.15) is 36.8 Å². The number of piperidine rings is 1. The Kier molecular flexibility index (Phi) is 10.8. The number of nitrogens with zero attached hydrogens (tertiary/aromatic N) is 1. The fourth-order valence-electron chi connectivity index (χ4n) is 6.49. The number of phenols is 1. The van der Waals surface area contributed by atoms with Gasteiger partial charge < -0.3 is 38.4 Å². The maximum absolute atomic E-state index is 10.3. The molecule has 2 aliphatic carbocycles. The molecule has 2 fully saturated rings. The number of benzene rings is 1. The van der Waals surface area contributed by atoms with E-state index < -0.39 is 0 Å². The van der Waals surface area contributed by atoms with Crippen LogP contribution in [0.25, 0.3) is 0 Å². The molecular formula is C28H45NO7. The molecule has 1 heterocycles. The lowest BCUT2D eigenvalue weighted by Gasteiger charge is -2.59. The highest BCUT2D eigenvalue weighted by atomic mass is 16.6. The van der Waals surface area contributed by atoms with Gasteiger partial charge in [-0.05, 0) is 74.9 Å². The number of aromatic hydroxyl groups is 1. The summed E-state index contributed by atoms with van der Waals surface area (Å²) >= 11 is 0. The molecule has 204 valence electrons. The molecule has 36 heavy (non-hydrogen) atoms. The van der Waals surface area contributed by atoms with Crippen LogP contribution in [-0.4, -0.2) is 109 Å². The molecule has 0 aromatic heterocycles. The van der Waals surface area contributed by atoms with Crippen molar-refractivity contribution >= 4 is 0 Å². The second kappa shape index (κ2) is 14.0. The second-order valence-electron chi connectivity index (χ2n) is 10.3. The maximum Gasteiger partial charge on any atom is 0.115 e. The van der Waals surface area contributed by atoms with E-state index in [2.05, 4.69) is 18.0 Å². The molecule has 1 unspecified atom stereocenters. The zero-order chi connectivity index (χ0) is 25.2. The predicted octanol–water partition coefficient (Wildman–Crippen LogP) is 2.79. The van der Waals surface area contributed by atoms with E-state index in [4.69, 9.17) is 28.4 Å². The van der Waals surface area contributed by atoms with Gasteiger partial charge in [0, 0.05) is 18.6 Å². The number of phenolic OH excluding ortho intramolecular Hbond substituents is 1. The van der Waals surface area contributed by atoms with Crippen LogP contribution in [0, 0.1) is 5.92 Å². The van der Waals surface area contributed by atoms with Crippen LogP contribution in [0.4, 0.5) is 0 Å². The lowest BCUT2D eigenvalue weighted by molar-refractivity contribution is -0.0774. The van der Waals surface area contributed by atoms with Crippen LogP contribution in [0.15, 0.2) is 18.2 Å². The summed E-state index contributed by atoms with van der Waals surface area (Å²) in [5.41, 5.74) is 2.91. The van der Waals surface area contributed by atoms with Crippen LogP contribution in [0.5, 0.6) is 5.75 Å². The molecule has 0 radical (unpaired) electrons. The topological polar surface area (TPSA) is 78.9 Å². The van der Waals surface area contributed by atoms with E-state index in [1.807, 2.05) is 12.1 Å². The molecule has 1 aliphatic heterocycles. The van der Waals surface area contributed by atoms with Crippen molar-refractivity contribution in [3.8, 4) is 5.75 Å². The number of methoxy groups -OCH3 is 1. The highest BCUT2D eigenvalue weighted by molar-refractivity contribution is 5.45. The summed E-state index contributed by atoms with van der Waals surface area (Å²) in [5, 5.41) is 10.3. The summed E-state index contributed by atoms with van der Waals surface area (Å²) in [6, 6.07) is 6.62. The molecule has 0 amide bonds. The Morgan fingerprint density at radius 3 is 2.19 bits per heavy atom. The third-order valence-electron chi connectivity index (χ3n) is 8.23. The third kappa shape index (κ3) is 6.98. The van der Waals surface area contributed by atoms with E-state index in [-0.39, 0.29) is 11.5 Å². The van der Waals surface area contributed by atoms with Crippen molar-refractivity contribution in [2.45, 2.75) is 49.7 Å². The first kappa shape index (κ1) is 27.8. The third-order valence-corrected chi connectivity index (χ3v) is 8.23. The lowest BCUT2D eigenvalue weighted by atomic mass is 9.52. The Morgan fingerprint density at radius 1 is 0.889 bits per heavy atom. The van der Waals surface area contributed by atoms with Crippen molar-refractivity contribution in [1.82, 2.24) is 4.90 Å². The minimum atomic E-state index is 0.124. The molecule has 3 aliphatic rings. The van der Waals surface area contributed by atoms with Crippen molar-refractivity contribution in [2.75, 3.05) is 86.8 Å². The highest BCUT2D eigenvalue weighted by Gasteiger charge is 2.55. The second-order valence-corrected chi connectivity index (χ2v) is 10.3. The normalized spacial score (nSPS) is 27.6. The molecule has 1 saturated heterocycles. The average Bonchev–Trinajstić information content (AvgIpc) is 2.88. The highest BCUT2D eigenvalue weighted by Crippen LogP contribution is 2.56. The molecule has 1 N–H and O–H groups in total. The fourth-order valence-corrected chi connectivity index (χ4v) is 6.49. The summed E-state index contributed by atoms with van der Waals surface area (Å²) in [5.74, 6) is 1.03. The van der Waals surface area contributed by atoms with E-state index in [9.17, 15) is 5.11 Å². The van der Waals surface area contributed by atoms with Gasteiger partial charge in [0.15, 0.2) is 0 Å². The molecule has 4 rings (SSSR count). The van der Waals surface area contributed by atoms with Gasteiger partial charge in [-0.1, -0.05) is 6.07 Å². The smallest absolute Gasteiger partial charge is 0.115 e. The van der Waals surface area contributed by atoms with E-state index in [1.54, 1.807) is 7.11 Å². The lowest BCUT2D eigenvalue weighted by Crippen LogP contribution is -2.61. The summed E-state index contributed by atoms with van der Waals surface area (Å²) in [7, 11) is 3.93. The monoisotopic (exact) mass is 507 g/mol. The van der Waals surface area contributed by atoms with E-state index >= 15 is 0 Å². The summed E-state index contributed by atoms with van der Waals surface area (Å²) in [6.07, 6.45) is 5.80. The van der Waals surface area contributed by atoms with Crippen LogP contribution in [-0.2, 0) is 40.3 Å². The SMILES string of the molecule is COCCOCCOCCOCCOCCO[C@H]1CC[C@H]2[C@H]3Cc4ccc(O)cc4C2(CCN3C)C1. The summed E-state index contributed by atoms with van der Waals surface area (Å²) in [4.78, 5) is 2.56. The maximum atomic E-state index is 10.3. The largest absolute Gasteiger partial charge is 0.508 e. The molecule has 1 saturated carbocycles. The van der Waals surface area contributed by atoms with Crippen molar-refractivity contribution in [1.29, 1.82) is 0 Å². The van der Waals surface area contributed by atoms with Gasteiger partial charge in [-0.3, -0.25) is 0 Å². The first-order chi connectivity index (χ1) is 17.6. The molecule has 1 aromatic rings. The van der Waals surface area contributed by atoms with Gasteiger partial charge in [-0.25, -0.2) is 0 Å². The van der Waals surface area contributed by atoms with Crippen LogP contribution in [0.3, 0.4) is 0 Å². The molecule has 0 spiro atoms. The Labute approximate surface area is 216 Å². The average molecular weight is 508 g/mol. The fraction of sp³-hybridized carbons (Fsp3) is 0.786. The molecule has 8 nitrogen and oxygen atoms in total. The van der Waals surface area contributed by atoms with Crippen LogP contribution < -0.4 is 0 Å². The first-order valence-electron chi connectivity index (χ1n) is 13.6. The number of fused-ring (bicyclic) bond motifs is 1. The molecule has 4 atom stereocenters. The van der Waals surface area contributed by atoms with Gasteiger partial charge in [0.2, 0.25) is 0 Å². The zero-order valence-corrected chi connectivity index (χ0v) is 22.1. The summed E-state index contributed by atoms with van der Waals surface area (Å²) in [6.45, 7) is 6.84. The van der Waals surface area contributed by atoms with Gasteiger partial charge >= 0.3 is 0 Å². The van der Waals surface area contributed by atoms with Crippen LogP contribution >= 0.6 is 0 Å². The first-order valence-corrected chi connectivity index (χ1v) is 13.6. The van der Waals surface area contributed by atoms with E-state index in [1.165, 1.54) is 17.5 Å². The van der Waals surface area contributed by atoms with E-state index in [0.717, 1.165) is 32.2 Å². The van der Waals surface area contributed by atoms with Crippen LogP contribution in [0.2, 0.25) is 0 Å². The minimum Gasteiger partial charge on any atom is -0.508 e. The Bertz CT molecular complexity index is 793. The number of hydrogen-bond donors (Lipinski definition) is 1. The number of rotatable bonds is 16. The van der Waals surface area contributed by atoms with Gasteiger partial charge in [-0.2, -0.15) is 0 Å². The molecular weight excluding hydrogens is 462 g/mol. The Hall–Kier alpha value is -1.26. The summed E-state index contributed by atoms with van der Waals surface area (Å²) < 4.78 is 33.3. The van der Waals surface area contributed by atoms with Crippen molar-refractivity contribution in [3.63, 3.8) is 0 Å². The van der Waals surface area contributed by atoms with Gasteiger partial charge in [0.1, 0.15) is 5.75 Å². The number of likely N-dealkylation sites (N-methyl/N-ethyl adjacent to an activating group) is 1. The number of ether oxygens (including phenoxy) is 6. The van der Waals surface area contributed by atoms with Crippen molar-refractivity contribution in [3.05, 3.63) is 29.3 Å². The molecule has 1 aromatic carbocycles. The molecule has 8 heteroatoms. The Morgan fingerprint density at radius 2 is 1.53 bits per heavy atom. The van der Waals surface area contributed by atoms with Gasteiger partial charge in [-0.15, -0.1) is 0 Å². The van der Waals surface area contributed by atoms with Gasteiger partial charge in [0.25, 0.3) is 0 Å². The Balaban J connectivity index is 1.10. The van der Waals surface area contributed by atoms with Gasteiger partial charge in [0.05, 0.1) is 72.2 Å². The standard InChI is InChI=1S/C28H45NO7/c1-29-8-7-28-21-24(5-6-25(28)27(29)19-22-3-4-23(30)20-26(22)28)36-18-17-35-16-15-34-14-13-33-12-11-32-10-9-31-2/h3-4,20,24-25,27,30H,5-19,21H2,1-2H3/t24-,25-,27+,28?/m0/s1.